The minimum atomic E-state index is -1.72. The first-order chi connectivity index (χ1) is 35.4. The van der Waals surface area contributed by atoms with Crippen molar-refractivity contribution >= 4 is 35.3 Å². The van der Waals surface area contributed by atoms with Crippen molar-refractivity contribution in [2.45, 2.75) is 160 Å². The van der Waals surface area contributed by atoms with E-state index in [2.05, 4.69) is 18.2 Å². The molecule has 2 aromatic carbocycles. The summed E-state index contributed by atoms with van der Waals surface area (Å²) in [5.41, 5.74) is 6.56. The molecular weight excluding hydrogens is 963 g/mol. The fraction of sp³-hybridized carbons (Fsp3) is 0.534. The van der Waals surface area contributed by atoms with E-state index in [9.17, 15) is 25.1 Å². The highest BCUT2D eigenvalue weighted by molar-refractivity contribution is 6.06. The van der Waals surface area contributed by atoms with Gasteiger partial charge in [0.2, 0.25) is 6.29 Å². The average molecular weight is 1030 g/mol. The van der Waals surface area contributed by atoms with Gasteiger partial charge >= 0.3 is 11.9 Å². The Labute approximate surface area is 437 Å². The number of benzene rings is 2. The van der Waals surface area contributed by atoms with Gasteiger partial charge in [-0.3, -0.25) is 4.79 Å². The van der Waals surface area contributed by atoms with Gasteiger partial charge in [-0.05, 0) is 131 Å². The highest BCUT2D eigenvalue weighted by Gasteiger charge is 2.84. The predicted octanol–water partition coefficient (Wildman–Crippen LogP) is 7.55. The van der Waals surface area contributed by atoms with Crippen LogP contribution in [0.25, 0.3) is 11.8 Å². The Morgan fingerprint density at radius 2 is 1.69 bits per heavy atom. The Morgan fingerprint density at radius 1 is 0.973 bits per heavy atom. The van der Waals surface area contributed by atoms with Gasteiger partial charge < -0.3 is 58.6 Å². The van der Waals surface area contributed by atoms with Crippen LogP contribution in [-0.4, -0.2) is 106 Å². The summed E-state index contributed by atoms with van der Waals surface area (Å²) in [6.07, 6.45) is 5.94. The molecule has 6 aliphatic heterocycles. The number of allylic oxidation sites excluding steroid dienone is 4. The summed E-state index contributed by atoms with van der Waals surface area (Å²) in [7, 11) is 1.29. The third kappa shape index (κ3) is 8.34. The third-order valence-electron chi connectivity index (χ3n) is 16.3. The molecule has 4 bridgehead atoms. The molecule has 0 amide bonds. The van der Waals surface area contributed by atoms with E-state index in [1.165, 1.54) is 36.9 Å². The smallest absolute Gasteiger partial charge is 0.343 e. The van der Waals surface area contributed by atoms with Gasteiger partial charge in [0.15, 0.2) is 28.5 Å². The maximum absolute atomic E-state index is 15.6. The molecule has 2 aromatic rings. The number of amidine groups is 1. The van der Waals surface area contributed by atoms with Gasteiger partial charge in [-0.2, -0.15) is 5.26 Å². The Kier molecular flexibility index (Phi) is 12.9. The summed E-state index contributed by atoms with van der Waals surface area (Å²) in [4.78, 5) is 48.5. The number of nitrogens with zero attached hydrogens (tertiary/aromatic N) is 2. The summed E-state index contributed by atoms with van der Waals surface area (Å²) in [6, 6.07) is 8.43. The molecule has 3 aliphatic carbocycles. The Bertz CT molecular complexity index is 2990. The van der Waals surface area contributed by atoms with Gasteiger partial charge in [0.25, 0.3) is 0 Å². The number of rotatable bonds is 12. The number of aliphatic imine (C=N–C) groups is 1. The van der Waals surface area contributed by atoms with Crippen LogP contribution >= 0.6 is 0 Å². The molecule has 3 saturated heterocycles. The number of aliphatic hydroxyl groups excluding tert-OH is 2. The number of hydrogen-bond acceptors (Lipinski definition) is 17. The molecule has 75 heavy (non-hydrogen) atoms. The maximum atomic E-state index is 15.6. The normalized spacial score (nSPS) is 34.0. The van der Waals surface area contributed by atoms with E-state index in [0.717, 1.165) is 5.57 Å². The second-order valence-electron chi connectivity index (χ2n) is 22.8. The largest absolute Gasteiger partial charge is 0.482 e. The first-order valence-electron chi connectivity index (χ1n) is 25.8. The summed E-state index contributed by atoms with van der Waals surface area (Å²) in [6.45, 7) is 19.1. The fourth-order valence-electron chi connectivity index (χ4n) is 12.7. The number of carbonyl (C=O) groups is 3. The quantitative estimate of drug-likeness (QED) is 0.0805. The van der Waals surface area contributed by atoms with Crippen LogP contribution in [0.1, 0.15) is 122 Å². The van der Waals surface area contributed by atoms with Gasteiger partial charge in [0.1, 0.15) is 59.0 Å². The number of nitrogens with two attached hydrogens (primary N) is 1. The summed E-state index contributed by atoms with van der Waals surface area (Å²) in [5, 5.41) is 33.0. The van der Waals surface area contributed by atoms with Crippen LogP contribution in [0.15, 0.2) is 75.9 Å². The maximum Gasteiger partial charge on any atom is 0.343 e. The van der Waals surface area contributed by atoms with E-state index in [4.69, 9.17) is 53.4 Å². The number of fused-ring (bicyclic) bond motifs is 4. The van der Waals surface area contributed by atoms with Crippen molar-refractivity contribution in [2.75, 3.05) is 13.7 Å². The number of carbonyl (C=O) groups excluding carboxylic acids is 3. The van der Waals surface area contributed by atoms with E-state index in [-0.39, 0.29) is 53.0 Å². The minimum Gasteiger partial charge on any atom is -0.482 e. The van der Waals surface area contributed by atoms with Crippen LogP contribution < -0.4 is 24.7 Å². The van der Waals surface area contributed by atoms with Crippen LogP contribution in [0.3, 0.4) is 0 Å². The third-order valence-corrected chi connectivity index (χ3v) is 16.3. The van der Waals surface area contributed by atoms with Gasteiger partial charge in [-0.1, -0.05) is 29.4 Å². The summed E-state index contributed by atoms with van der Waals surface area (Å²) in [5.74, 6) is -4.62. The number of Topliss-reactive ketones (excluding diaryl/α,β-unsaturated/α-hetero) is 1. The lowest BCUT2D eigenvalue weighted by Gasteiger charge is -2.62. The minimum absolute atomic E-state index is 0.00478. The number of nitriles is 1. The van der Waals surface area contributed by atoms with Crippen molar-refractivity contribution in [2.24, 2.45) is 34.4 Å². The lowest BCUT2D eigenvalue weighted by atomic mass is 9.44. The molecule has 3 saturated carbocycles. The molecule has 12 atom stereocenters. The van der Waals surface area contributed by atoms with E-state index in [0.29, 0.717) is 59.4 Å². The second-order valence-corrected chi connectivity index (χ2v) is 22.8. The standard InChI is InChI=1S/C58H67N3O14/c1-28(2)13-12-22-56(10)23-21-34-45(73-56)33(19-14-29(3)4)47-40(46(34)71-52(66)31-15-17-32(18-16-31)69-53-44(63)43(62)48-37(70-53)27-68-55(8,9)72-48)42-41-39(36(26-59)50(60)61-42)35-25-38-54(6,7)75-57(49(35)64,58(38,41)74-47)24-20-30(5)51(65)67-11/h13-18,20-21,23,35-39,43-44,48,53,62-63H,12,19,22,24-25,27H2,1-11H3,(H2,60,61)/t35-,36?,37+,38+,39?,43+,44+,48+,53+,56?,57?,58?/m0/s1. The van der Waals surface area contributed by atoms with Crippen LogP contribution in [0, 0.1) is 35.0 Å². The number of aliphatic hydroxyl groups is 2. The lowest BCUT2D eigenvalue weighted by molar-refractivity contribution is -0.373. The van der Waals surface area contributed by atoms with Crippen molar-refractivity contribution < 1.29 is 67.2 Å². The zero-order chi connectivity index (χ0) is 53.9. The number of ketones is 1. The Hall–Kier alpha value is -6.13. The number of methoxy groups -OCH3 is 1. The summed E-state index contributed by atoms with van der Waals surface area (Å²) >= 11 is 0. The van der Waals surface area contributed by atoms with E-state index < -0.39 is 94.5 Å². The lowest BCUT2D eigenvalue weighted by Crippen LogP contribution is -2.75. The SMILES string of the molecule is COC(=O)C(C)=CCC12OC(C)(C)[C@H]3C[C@H](C1=O)C1C4=C(N=C(N)C1C#N)c1c(OC(=O)c5ccc(O[C@@H]6O[C@@H]7COC(C)(C)O[C@H]7[C@H](O)[C@H]6O)cc5)c5c(c(CC=C(C)C)c1OC432)OC(C)(CCC=C(C)C)C=C5. The van der Waals surface area contributed by atoms with Crippen LogP contribution in [-0.2, 0) is 39.7 Å². The molecule has 17 nitrogen and oxygen atoms in total. The highest BCUT2D eigenvalue weighted by atomic mass is 16.8. The van der Waals surface area contributed by atoms with Crippen molar-refractivity contribution in [3.05, 3.63) is 93.1 Å². The Balaban J connectivity index is 1.13. The number of esters is 2. The fourth-order valence-corrected chi connectivity index (χ4v) is 12.7. The average Bonchev–Trinajstić information content (AvgIpc) is 3.79. The van der Waals surface area contributed by atoms with E-state index >= 15 is 4.79 Å². The van der Waals surface area contributed by atoms with Crippen molar-refractivity contribution in [3.63, 3.8) is 0 Å². The van der Waals surface area contributed by atoms with Gasteiger partial charge in [-0.15, -0.1) is 0 Å². The molecule has 6 fully saturated rings. The first kappa shape index (κ1) is 52.3. The topological polar surface area (TPSA) is 237 Å². The van der Waals surface area contributed by atoms with Crippen molar-refractivity contribution in [3.8, 4) is 29.1 Å². The molecule has 0 aromatic heterocycles. The van der Waals surface area contributed by atoms with Crippen molar-refractivity contribution in [1.82, 2.24) is 0 Å². The Morgan fingerprint density at radius 3 is 2.37 bits per heavy atom. The molecule has 398 valence electrons. The molecule has 1 spiro atoms. The molecule has 6 heterocycles. The van der Waals surface area contributed by atoms with Crippen LogP contribution in [0.5, 0.6) is 23.0 Å². The number of hydrogen-bond donors (Lipinski definition) is 3. The monoisotopic (exact) mass is 1030 g/mol. The predicted molar refractivity (Wildman–Crippen MR) is 273 cm³/mol. The zero-order valence-corrected chi connectivity index (χ0v) is 44.4. The van der Waals surface area contributed by atoms with E-state index in [1.54, 1.807) is 26.8 Å². The molecule has 17 heteroatoms. The van der Waals surface area contributed by atoms with Gasteiger partial charge in [0, 0.05) is 40.9 Å². The molecule has 4 N–H and O–H groups in total. The summed E-state index contributed by atoms with van der Waals surface area (Å²) < 4.78 is 57.5. The first-order valence-corrected chi connectivity index (χ1v) is 25.8. The van der Waals surface area contributed by atoms with Crippen molar-refractivity contribution in [1.29, 1.82) is 5.26 Å². The molecule has 5 unspecified atom stereocenters. The van der Waals surface area contributed by atoms with Gasteiger partial charge in [0.05, 0.1) is 47.8 Å². The molecular formula is C58H67N3O14. The second kappa shape index (κ2) is 18.6. The highest BCUT2D eigenvalue weighted by Crippen LogP contribution is 2.74. The number of ether oxygens (including phenoxy) is 9. The molecule has 0 radical (unpaired) electrons. The zero-order valence-electron chi connectivity index (χ0n) is 44.4. The van der Waals surface area contributed by atoms with Crippen LogP contribution in [0.2, 0.25) is 0 Å². The van der Waals surface area contributed by atoms with Gasteiger partial charge in [-0.25, -0.2) is 14.6 Å². The molecule has 11 rings (SSSR count). The van der Waals surface area contributed by atoms with Crippen LogP contribution in [0.4, 0.5) is 0 Å². The van der Waals surface area contributed by atoms with E-state index in [1.807, 2.05) is 60.6 Å². The molecule has 9 aliphatic rings.